The molecule has 124 valence electrons. The molecule has 0 saturated carbocycles. The van der Waals surface area contributed by atoms with Crippen molar-refractivity contribution in [1.82, 2.24) is 5.32 Å². The van der Waals surface area contributed by atoms with Gasteiger partial charge in [0.25, 0.3) is 5.91 Å². The number of nitrogens with two attached hydrogens (primary N) is 1. The van der Waals surface area contributed by atoms with E-state index in [1.54, 1.807) is 12.1 Å². The summed E-state index contributed by atoms with van der Waals surface area (Å²) in [5, 5.41) is 3.98. The van der Waals surface area contributed by atoms with Gasteiger partial charge >= 0.3 is 0 Å². The predicted molar refractivity (Wildman–Crippen MR) is 88.0 cm³/mol. The molecule has 3 N–H and O–H groups in total. The summed E-state index contributed by atoms with van der Waals surface area (Å²) < 4.78 is 5.40. The van der Waals surface area contributed by atoms with Crippen molar-refractivity contribution in [2.45, 2.75) is 13.0 Å². The third kappa shape index (κ3) is 6.91. The van der Waals surface area contributed by atoms with Gasteiger partial charge in [0.1, 0.15) is 5.75 Å². The molecule has 0 atom stereocenters. The van der Waals surface area contributed by atoms with E-state index in [0.717, 1.165) is 18.5 Å². The topological polar surface area (TPSA) is 64.4 Å². The normalized spacial score (nSPS) is 9.96. The largest absolute Gasteiger partial charge is 1.00 e. The molecule has 1 amide bonds. The van der Waals surface area contributed by atoms with Gasteiger partial charge in [0.2, 0.25) is 0 Å². The minimum absolute atomic E-state index is 0. The molecular weight excluding hydrogens is 335 g/mol. The second-order valence-corrected chi connectivity index (χ2v) is 5.36. The zero-order valence-corrected chi connectivity index (χ0v) is 14.1. The van der Waals surface area contributed by atoms with E-state index in [4.69, 9.17) is 22.1 Å². The van der Waals surface area contributed by atoms with Gasteiger partial charge in [0.15, 0.2) is 6.61 Å². The zero-order chi connectivity index (χ0) is 15.8. The average molecular weight is 354 g/mol. The summed E-state index contributed by atoms with van der Waals surface area (Å²) in [5.74, 6) is 0.119. The maximum Gasteiger partial charge on any atom is 0.255 e. The van der Waals surface area contributed by atoms with Crippen molar-refractivity contribution < 1.29 is 21.9 Å². The lowest BCUT2D eigenvalue weighted by Gasteiger charge is -2.12. The molecule has 2 aromatic carbocycles. The molecule has 0 radical (unpaired) electrons. The summed E-state index contributed by atoms with van der Waals surface area (Å²) >= 11 is 6.01. The molecule has 6 heteroatoms. The first-order valence-electron chi connectivity index (χ1n) is 7.09. The van der Waals surface area contributed by atoms with Gasteiger partial charge in [-0.25, -0.2) is 0 Å². The molecule has 0 aliphatic carbocycles. The number of amides is 1. The molecule has 2 aromatic rings. The molecule has 0 spiro atoms. The SMILES string of the molecule is NC(=O)COc1ccc(Cl)cc1CNCCc1ccccc1.[Cl-]. The Balaban J connectivity index is 0.00000264. The van der Waals surface area contributed by atoms with Gasteiger partial charge in [-0.15, -0.1) is 0 Å². The van der Waals surface area contributed by atoms with Crippen molar-refractivity contribution in [1.29, 1.82) is 0 Å². The Hall–Kier alpha value is -1.75. The van der Waals surface area contributed by atoms with Gasteiger partial charge in [-0.1, -0.05) is 41.9 Å². The summed E-state index contributed by atoms with van der Waals surface area (Å²) in [7, 11) is 0. The number of primary amides is 1. The van der Waals surface area contributed by atoms with E-state index in [2.05, 4.69) is 17.4 Å². The second kappa shape index (κ2) is 10.1. The van der Waals surface area contributed by atoms with E-state index in [0.29, 0.717) is 17.3 Å². The van der Waals surface area contributed by atoms with Crippen LogP contribution in [0.3, 0.4) is 0 Å². The van der Waals surface area contributed by atoms with Crippen molar-refractivity contribution in [3.05, 3.63) is 64.7 Å². The maximum absolute atomic E-state index is 10.8. The molecule has 2 rings (SSSR count). The number of nitrogens with one attached hydrogen (secondary N) is 1. The van der Waals surface area contributed by atoms with Gasteiger partial charge < -0.3 is 28.2 Å². The second-order valence-electron chi connectivity index (χ2n) is 4.92. The van der Waals surface area contributed by atoms with E-state index in [-0.39, 0.29) is 19.0 Å². The first-order chi connectivity index (χ1) is 10.6. The maximum atomic E-state index is 10.8. The molecule has 0 saturated heterocycles. The number of ether oxygens (including phenoxy) is 1. The minimum atomic E-state index is -0.502. The van der Waals surface area contributed by atoms with Crippen molar-refractivity contribution in [3.8, 4) is 5.75 Å². The highest BCUT2D eigenvalue weighted by molar-refractivity contribution is 6.30. The third-order valence-corrected chi connectivity index (χ3v) is 3.38. The highest BCUT2D eigenvalue weighted by Crippen LogP contribution is 2.22. The molecule has 4 nitrogen and oxygen atoms in total. The Morgan fingerprint density at radius 3 is 2.61 bits per heavy atom. The van der Waals surface area contributed by atoms with Crippen LogP contribution >= 0.6 is 11.6 Å². The highest BCUT2D eigenvalue weighted by Gasteiger charge is 2.06. The molecule has 0 aromatic heterocycles. The summed E-state index contributed by atoms with van der Waals surface area (Å²) in [4.78, 5) is 10.8. The van der Waals surface area contributed by atoms with Crippen LogP contribution in [-0.2, 0) is 17.8 Å². The third-order valence-electron chi connectivity index (χ3n) is 3.14. The lowest BCUT2D eigenvalue weighted by atomic mass is 10.1. The summed E-state index contributed by atoms with van der Waals surface area (Å²) in [5.41, 5.74) is 7.29. The molecule has 0 bridgehead atoms. The van der Waals surface area contributed by atoms with Crippen LogP contribution in [0.15, 0.2) is 48.5 Å². The van der Waals surface area contributed by atoms with Crippen LogP contribution in [0.25, 0.3) is 0 Å². The number of hydrogen-bond donors (Lipinski definition) is 2. The zero-order valence-electron chi connectivity index (χ0n) is 12.6. The predicted octanol–water partition coefficient (Wildman–Crippen LogP) is -0.460. The average Bonchev–Trinajstić information content (AvgIpc) is 2.51. The van der Waals surface area contributed by atoms with Crippen LogP contribution in [0.4, 0.5) is 0 Å². The Bertz CT molecular complexity index is 621. The monoisotopic (exact) mass is 353 g/mol. The fourth-order valence-electron chi connectivity index (χ4n) is 2.08. The van der Waals surface area contributed by atoms with Crippen molar-refractivity contribution in [3.63, 3.8) is 0 Å². The number of carbonyl (C=O) groups excluding carboxylic acids is 1. The molecule has 0 fully saturated rings. The standard InChI is InChI=1S/C17H19ClN2O2.ClH/c18-15-6-7-16(22-12-17(19)21)14(10-15)11-20-9-8-13-4-2-1-3-5-13;/h1-7,10,20H,8-9,11-12H2,(H2,19,21);1H/p-1. The number of benzene rings is 2. The van der Waals surface area contributed by atoms with E-state index < -0.39 is 5.91 Å². The van der Waals surface area contributed by atoms with Gasteiger partial charge in [0.05, 0.1) is 0 Å². The summed E-state index contributed by atoms with van der Waals surface area (Å²) in [6.07, 6.45) is 0.943. The van der Waals surface area contributed by atoms with E-state index >= 15 is 0 Å². The van der Waals surface area contributed by atoms with Gasteiger partial charge in [-0.2, -0.15) is 0 Å². The minimum Gasteiger partial charge on any atom is -1.00 e. The van der Waals surface area contributed by atoms with Crippen LogP contribution in [0.5, 0.6) is 5.75 Å². The number of halogens is 2. The number of rotatable bonds is 8. The van der Waals surface area contributed by atoms with Crippen molar-refractivity contribution in [2.75, 3.05) is 13.2 Å². The molecule has 0 aliphatic rings. The molecular formula is C17H19Cl2N2O2-. The Morgan fingerprint density at radius 1 is 1.17 bits per heavy atom. The van der Waals surface area contributed by atoms with Crippen molar-refractivity contribution in [2.24, 2.45) is 5.73 Å². The lowest BCUT2D eigenvalue weighted by molar-refractivity contribution is -0.119. The molecule has 23 heavy (non-hydrogen) atoms. The van der Waals surface area contributed by atoms with E-state index in [1.807, 2.05) is 24.3 Å². The fourth-order valence-corrected chi connectivity index (χ4v) is 2.27. The summed E-state index contributed by atoms with van der Waals surface area (Å²) in [6.45, 7) is 1.31. The first-order valence-corrected chi connectivity index (χ1v) is 7.47. The van der Waals surface area contributed by atoms with Crippen LogP contribution < -0.4 is 28.2 Å². The quantitative estimate of drug-likeness (QED) is 0.631. The Labute approximate surface area is 147 Å². The highest BCUT2D eigenvalue weighted by atomic mass is 35.5. The van der Waals surface area contributed by atoms with E-state index in [1.165, 1.54) is 5.56 Å². The number of hydrogen-bond acceptors (Lipinski definition) is 3. The van der Waals surface area contributed by atoms with Gasteiger partial charge in [-0.3, -0.25) is 4.79 Å². The number of carbonyl (C=O) groups is 1. The van der Waals surface area contributed by atoms with Gasteiger partial charge in [-0.05, 0) is 36.7 Å². The Kier molecular flexibility index (Phi) is 8.48. The van der Waals surface area contributed by atoms with Gasteiger partial charge in [0, 0.05) is 17.1 Å². The molecule has 0 aliphatic heterocycles. The molecule has 0 heterocycles. The van der Waals surface area contributed by atoms with Crippen molar-refractivity contribution >= 4 is 17.5 Å². The smallest absolute Gasteiger partial charge is 0.255 e. The Morgan fingerprint density at radius 2 is 1.91 bits per heavy atom. The first kappa shape index (κ1) is 19.3. The summed E-state index contributed by atoms with van der Waals surface area (Å²) in [6, 6.07) is 15.6. The fraction of sp³-hybridized carbons (Fsp3) is 0.235. The van der Waals surface area contributed by atoms with Crippen LogP contribution in [0.1, 0.15) is 11.1 Å². The molecule has 0 unspecified atom stereocenters. The van der Waals surface area contributed by atoms with Crippen LogP contribution in [-0.4, -0.2) is 19.1 Å². The lowest BCUT2D eigenvalue weighted by Crippen LogP contribution is -3.00. The van der Waals surface area contributed by atoms with E-state index in [9.17, 15) is 4.79 Å². The van der Waals surface area contributed by atoms with Crippen LogP contribution in [0, 0.1) is 0 Å². The van der Waals surface area contributed by atoms with Crippen LogP contribution in [0.2, 0.25) is 5.02 Å².